The largest absolute Gasteiger partial charge is 0.494 e. The van der Waals surface area contributed by atoms with Gasteiger partial charge in [0.25, 0.3) is 0 Å². The molecular weight excluding hydrogens is 259 g/mol. The van der Waals surface area contributed by atoms with Crippen LogP contribution in [0, 0.1) is 0 Å². The Bertz CT molecular complexity index is 397. The first-order valence-electron chi connectivity index (χ1n) is 6.75. The van der Waals surface area contributed by atoms with Gasteiger partial charge < -0.3 is 15.4 Å². The molecule has 0 saturated heterocycles. The number of nitrogens with zero attached hydrogens (tertiary/aromatic N) is 1. The summed E-state index contributed by atoms with van der Waals surface area (Å²) in [6.07, 6.45) is 3.86. The number of nitrogens with two attached hydrogens (primary N) is 1. The van der Waals surface area contributed by atoms with Gasteiger partial charge in [-0.15, -0.1) is 0 Å². The summed E-state index contributed by atoms with van der Waals surface area (Å²) in [4.78, 5) is 13.7. The summed E-state index contributed by atoms with van der Waals surface area (Å²) in [6, 6.07) is 0. The molecular formula is C15H25FN2O2. The Hall–Kier alpha value is -1.62. The third-order valence-corrected chi connectivity index (χ3v) is 2.86. The van der Waals surface area contributed by atoms with E-state index in [9.17, 15) is 9.18 Å². The lowest BCUT2D eigenvalue weighted by Crippen LogP contribution is -2.30. The summed E-state index contributed by atoms with van der Waals surface area (Å²) in [5, 5.41) is 0. The predicted octanol–water partition coefficient (Wildman–Crippen LogP) is 2.53. The minimum absolute atomic E-state index is 0.00495. The molecule has 0 bridgehead atoms. The van der Waals surface area contributed by atoms with E-state index in [1.54, 1.807) is 30.9 Å². The topological polar surface area (TPSA) is 55.6 Å². The van der Waals surface area contributed by atoms with E-state index >= 15 is 0 Å². The second-order valence-electron chi connectivity index (χ2n) is 4.36. The lowest BCUT2D eigenvalue weighted by atomic mass is 10.2. The predicted molar refractivity (Wildman–Crippen MR) is 79.6 cm³/mol. The monoisotopic (exact) mass is 284 g/mol. The standard InChI is InChI=1S/C15H25FN2O2/c1-5-18(6-2)15(19)12(3)7-8-13(4)20-11-14(9-16)10-17/h7-9H,5-6,10-11,17H2,1-4H3. The van der Waals surface area contributed by atoms with E-state index in [-0.39, 0.29) is 19.1 Å². The minimum atomic E-state index is 0.00495. The van der Waals surface area contributed by atoms with Crippen LogP contribution >= 0.6 is 0 Å². The quantitative estimate of drug-likeness (QED) is 0.423. The molecule has 0 rings (SSSR count). The summed E-state index contributed by atoms with van der Waals surface area (Å²) in [5.41, 5.74) is 6.35. The van der Waals surface area contributed by atoms with Crippen molar-refractivity contribution in [2.75, 3.05) is 26.2 Å². The molecule has 1 amide bonds. The molecule has 0 aromatic rings. The maximum Gasteiger partial charge on any atom is 0.249 e. The van der Waals surface area contributed by atoms with Gasteiger partial charge in [-0.1, -0.05) is 6.08 Å². The summed E-state index contributed by atoms with van der Waals surface area (Å²) >= 11 is 0. The van der Waals surface area contributed by atoms with Crippen LogP contribution in [0.2, 0.25) is 0 Å². The van der Waals surface area contributed by atoms with Gasteiger partial charge in [-0.25, -0.2) is 4.39 Å². The molecule has 0 aromatic carbocycles. The fourth-order valence-electron chi connectivity index (χ4n) is 1.46. The average Bonchev–Trinajstić information content (AvgIpc) is 2.46. The Kier molecular flexibility index (Phi) is 9.38. The molecule has 4 nitrogen and oxygen atoms in total. The van der Waals surface area contributed by atoms with Gasteiger partial charge in [0.2, 0.25) is 5.91 Å². The highest BCUT2D eigenvalue weighted by Crippen LogP contribution is 2.05. The molecule has 0 aromatic heterocycles. The highest BCUT2D eigenvalue weighted by atomic mass is 19.1. The van der Waals surface area contributed by atoms with E-state index < -0.39 is 0 Å². The van der Waals surface area contributed by atoms with E-state index in [4.69, 9.17) is 10.5 Å². The zero-order valence-corrected chi connectivity index (χ0v) is 12.8. The van der Waals surface area contributed by atoms with E-state index in [1.165, 1.54) is 0 Å². The van der Waals surface area contributed by atoms with Gasteiger partial charge in [0.05, 0.1) is 12.1 Å². The number of carbonyl (C=O) groups is 1. The van der Waals surface area contributed by atoms with Crippen molar-refractivity contribution in [2.24, 2.45) is 5.73 Å². The highest BCUT2D eigenvalue weighted by Gasteiger charge is 2.10. The molecule has 0 aliphatic rings. The number of rotatable bonds is 8. The van der Waals surface area contributed by atoms with Crippen LogP contribution in [0.1, 0.15) is 27.7 Å². The molecule has 0 fully saturated rings. The molecule has 0 aliphatic heterocycles. The average molecular weight is 284 g/mol. The van der Waals surface area contributed by atoms with Crippen molar-refractivity contribution < 1.29 is 13.9 Å². The van der Waals surface area contributed by atoms with E-state index in [2.05, 4.69) is 0 Å². The second-order valence-corrected chi connectivity index (χ2v) is 4.36. The van der Waals surface area contributed by atoms with Crippen molar-refractivity contribution in [3.63, 3.8) is 0 Å². The molecule has 0 heterocycles. The van der Waals surface area contributed by atoms with Crippen LogP contribution < -0.4 is 5.73 Å². The Morgan fingerprint density at radius 3 is 2.30 bits per heavy atom. The molecule has 0 atom stereocenters. The molecule has 0 aliphatic carbocycles. The van der Waals surface area contributed by atoms with Gasteiger partial charge in [0.15, 0.2) is 0 Å². The number of allylic oxidation sites excluding steroid dienone is 3. The third-order valence-electron chi connectivity index (χ3n) is 2.86. The molecule has 20 heavy (non-hydrogen) atoms. The van der Waals surface area contributed by atoms with Gasteiger partial charge in [-0.3, -0.25) is 4.79 Å². The molecule has 114 valence electrons. The SMILES string of the molecule is CCN(CC)C(=O)C(C)=CC=C(C)OCC(=CF)CN. The van der Waals surface area contributed by atoms with Crippen molar-refractivity contribution in [3.05, 3.63) is 35.4 Å². The van der Waals surface area contributed by atoms with Crippen molar-refractivity contribution in [1.29, 1.82) is 0 Å². The Balaban J connectivity index is 4.57. The van der Waals surface area contributed by atoms with Crippen molar-refractivity contribution in [2.45, 2.75) is 27.7 Å². The minimum Gasteiger partial charge on any atom is -0.494 e. The van der Waals surface area contributed by atoms with Crippen molar-refractivity contribution in [3.8, 4) is 0 Å². The molecule has 5 heteroatoms. The lowest BCUT2D eigenvalue weighted by molar-refractivity contribution is -0.126. The number of hydrogen-bond donors (Lipinski definition) is 1. The maximum absolute atomic E-state index is 12.3. The third kappa shape index (κ3) is 6.52. The Morgan fingerprint density at radius 2 is 1.85 bits per heavy atom. The fraction of sp³-hybridized carbons (Fsp3) is 0.533. The fourth-order valence-corrected chi connectivity index (χ4v) is 1.46. The molecule has 0 saturated carbocycles. The number of amides is 1. The smallest absolute Gasteiger partial charge is 0.249 e. The van der Waals surface area contributed by atoms with Gasteiger partial charge in [-0.05, 0) is 33.8 Å². The summed E-state index contributed by atoms with van der Waals surface area (Å²) in [5.74, 6) is 0.606. The van der Waals surface area contributed by atoms with Crippen LogP contribution in [0.15, 0.2) is 35.4 Å². The first-order valence-corrected chi connectivity index (χ1v) is 6.75. The van der Waals surface area contributed by atoms with E-state index in [1.807, 2.05) is 13.8 Å². The van der Waals surface area contributed by atoms with Crippen LogP contribution in [0.5, 0.6) is 0 Å². The maximum atomic E-state index is 12.3. The zero-order valence-electron chi connectivity index (χ0n) is 12.8. The number of halogens is 1. The highest BCUT2D eigenvalue weighted by molar-refractivity contribution is 5.93. The lowest BCUT2D eigenvalue weighted by Gasteiger charge is -2.18. The van der Waals surface area contributed by atoms with Crippen LogP contribution in [-0.4, -0.2) is 37.0 Å². The van der Waals surface area contributed by atoms with Crippen molar-refractivity contribution >= 4 is 5.91 Å². The Labute approximate surface area is 120 Å². The van der Waals surface area contributed by atoms with Gasteiger partial charge >= 0.3 is 0 Å². The van der Waals surface area contributed by atoms with Gasteiger partial charge in [-0.2, -0.15) is 0 Å². The molecule has 0 radical (unpaired) electrons. The van der Waals surface area contributed by atoms with Crippen LogP contribution in [0.3, 0.4) is 0 Å². The number of likely N-dealkylation sites (N-methyl/N-ethyl adjacent to an activating group) is 1. The van der Waals surface area contributed by atoms with Gasteiger partial charge in [0.1, 0.15) is 6.61 Å². The summed E-state index contributed by atoms with van der Waals surface area (Å²) in [7, 11) is 0. The summed E-state index contributed by atoms with van der Waals surface area (Å²) < 4.78 is 17.6. The second kappa shape index (κ2) is 10.2. The first kappa shape index (κ1) is 18.4. The van der Waals surface area contributed by atoms with Gasteiger partial charge in [0, 0.05) is 30.8 Å². The number of hydrogen-bond acceptors (Lipinski definition) is 3. The number of carbonyl (C=O) groups excluding carboxylic acids is 1. The molecule has 0 spiro atoms. The summed E-state index contributed by atoms with van der Waals surface area (Å²) in [6.45, 7) is 9.00. The number of ether oxygens (including phenoxy) is 1. The molecule has 2 N–H and O–H groups in total. The Morgan fingerprint density at radius 1 is 1.25 bits per heavy atom. The zero-order chi connectivity index (χ0) is 15.5. The normalized spacial score (nSPS) is 13.4. The first-order chi connectivity index (χ1) is 9.49. The molecule has 0 unspecified atom stereocenters. The van der Waals surface area contributed by atoms with Crippen LogP contribution in [0.25, 0.3) is 0 Å². The van der Waals surface area contributed by atoms with E-state index in [0.29, 0.717) is 36.3 Å². The van der Waals surface area contributed by atoms with E-state index in [0.717, 1.165) is 0 Å². The van der Waals surface area contributed by atoms with Crippen molar-refractivity contribution in [1.82, 2.24) is 4.90 Å². The van der Waals surface area contributed by atoms with Crippen LogP contribution in [-0.2, 0) is 9.53 Å². The van der Waals surface area contributed by atoms with Crippen LogP contribution in [0.4, 0.5) is 4.39 Å².